The van der Waals surface area contributed by atoms with Crippen LogP contribution in [0.15, 0.2) is 24.3 Å². The van der Waals surface area contributed by atoms with Gasteiger partial charge in [0.2, 0.25) is 5.91 Å². The second-order valence-electron chi connectivity index (χ2n) is 5.89. The van der Waals surface area contributed by atoms with Crippen molar-refractivity contribution in [3.05, 3.63) is 34.9 Å². The summed E-state index contributed by atoms with van der Waals surface area (Å²) in [7, 11) is 0. The lowest BCUT2D eigenvalue weighted by Gasteiger charge is -2.25. The molecule has 4 N–H and O–H groups in total. The number of hydrogen-bond acceptors (Lipinski definition) is 4. The zero-order chi connectivity index (χ0) is 17.2. The molecule has 6 heteroatoms. The van der Waals surface area contributed by atoms with E-state index in [0.717, 1.165) is 18.4 Å². The van der Waals surface area contributed by atoms with Crippen LogP contribution < -0.4 is 16.4 Å². The van der Waals surface area contributed by atoms with Crippen molar-refractivity contribution in [3.63, 3.8) is 0 Å². The second-order valence-corrected chi connectivity index (χ2v) is 6.69. The molecule has 23 heavy (non-hydrogen) atoms. The topological polar surface area (TPSA) is 67.1 Å². The third-order valence-electron chi connectivity index (χ3n) is 3.93. The third kappa shape index (κ3) is 7.57. The summed E-state index contributed by atoms with van der Waals surface area (Å²) in [5.41, 5.74) is 6.98. The van der Waals surface area contributed by atoms with Gasteiger partial charge in [-0.15, -0.1) is 0 Å². The molecule has 0 heterocycles. The summed E-state index contributed by atoms with van der Waals surface area (Å²) < 4.78 is 0. The fraction of sp³-hybridized carbons (Fsp3) is 0.588. The number of nitrogens with one attached hydrogen (secondary N) is 2. The van der Waals surface area contributed by atoms with Gasteiger partial charge in [0.15, 0.2) is 0 Å². The van der Waals surface area contributed by atoms with E-state index in [4.69, 9.17) is 17.3 Å². The minimum absolute atomic E-state index is 0.0211. The largest absolute Gasteiger partial charge is 0.354 e. The summed E-state index contributed by atoms with van der Waals surface area (Å²) in [5.74, 6) is 0.859. The van der Waals surface area contributed by atoms with Gasteiger partial charge >= 0.3 is 0 Å². The Labute approximate surface area is 150 Å². The van der Waals surface area contributed by atoms with Gasteiger partial charge in [-0.3, -0.25) is 4.79 Å². The van der Waals surface area contributed by atoms with Crippen LogP contribution >= 0.6 is 24.2 Å². The van der Waals surface area contributed by atoms with Crippen LogP contribution in [-0.2, 0) is 11.2 Å². The highest BCUT2D eigenvalue weighted by Gasteiger charge is 2.23. The van der Waals surface area contributed by atoms with Crippen molar-refractivity contribution in [2.45, 2.75) is 38.8 Å². The van der Waals surface area contributed by atoms with Gasteiger partial charge in [0.1, 0.15) is 0 Å². The second kappa shape index (κ2) is 10.9. The summed E-state index contributed by atoms with van der Waals surface area (Å²) in [4.78, 5) is 12.4. The number of carbonyl (C=O) groups is 1. The van der Waals surface area contributed by atoms with Gasteiger partial charge in [-0.05, 0) is 30.0 Å². The lowest BCUT2D eigenvalue weighted by Crippen LogP contribution is -2.51. The molecule has 1 aromatic carbocycles. The van der Waals surface area contributed by atoms with Gasteiger partial charge in [0.25, 0.3) is 0 Å². The standard InChI is InChI=1S/C17H28ClN3OS/c1-3-12(2)16(21-10-15(19)11-23)17(22)20-8-7-13-5-4-6-14(18)9-13/h4-6,9,12,15-16,21,23H,3,7-8,10-11,19H2,1-2H3,(H,20,22)/t12-,15?,16+/m0/s1. The molecule has 1 aromatic rings. The number of halogens is 1. The van der Waals surface area contributed by atoms with Crippen LogP contribution in [-0.4, -0.2) is 36.8 Å². The van der Waals surface area contributed by atoms with Crippen LogP contribution in [0.2, 0.25) is 5.02 Å². The molecule has 4 nitrogen and oxygen atoms in total. The average Bonchev–Trinajstić information content (AvgIpc) is 2.54. The van der Waals surface area contributed by atoms with Gasteiger partial charge in [-0.2, -0.15) is 12.6 Å². The van der Waals surface area contributed by atoms with Crippen molar-refractivity contribution in [3.8, 4) is 0 Å². The SMILES string of the molecule is CC[C@H](C)[C@@H](NCC(N)CS)C(=O)NCCc1cccc(Cl)c1. The molecule has 0 bridgehead atoms. The zero-order valence-corrected chi connectivity index (χ0v) is 15.5. The van der Waals surface area contributed by atoms with E-state index in [2.05, 4.69) is 37.1 Å². The number of benzene rings is 1. The summed E-state index contributed by atoms with van der Waals surface area (Å²) >= 11 is 10.1. The molecule has 0 saturated heterocycles. The van der Waals surface area contributed by atoms with E-state index in [0.29, 0.717) is 23.9 Å². The van der Waals surface area contributed by atoms with Crippen molar-refractivity contribution in [1.29, 1.82) is 0 Å². The normalized spacial score (nSPS) is 15.0. The van der Waals surface area contributed by atoms with Crippen molar-refractivity contribution in [2.75, 3.05) is 18.8 Å². The maximum Gasteiger partial charge on any atom is 0.237 e. The van der Waals surface area contributed by atoms with Gasteiger partial charge in [-0.25, -0.2) is 0 Å². The van der Waals surface area contributed by atoms with Crippen LogP contribution in [0.25, 0.3) is 0 Å². The highest BCUT2D eigenvalue weighted by atomic mass is 35.5. The molecule has 0 aliphatic heterocycles. The average molecular weight is 358 g/mol. The Morgan fingerprint density at radius 2 is 2.17 bits per heavy atom. The first kappa shape index (κ1) is 20.3. The summed E-state index contributed by atoms with van der Waals surface area (Å²) in [6, 6.07) is 7.41. The predicted octanol–water partition coefficient (Wildman–Crippen LogP) is 2.26. The Balaban J connectivity index is 2.49. The maximum absolute atomic E-state index is 12.4. The molecule has 0 aromatic heterocycles. The van der Waals surface area contributed by atoms with E-state index in [9.17, 15) is 4.79 Å². The van der Waals surface area contributed by atoms with Crippen LogP contribution in [0, 0.1) is 5.92 Å². The number of amides is 1. The van der Waals surface area contributed by atoms with E-state index in [-0.39, 0.29) is 23.9 Å². The molecule has 0 fully saturated rings. The quantitative estimate of drug-likeness (QED) is 0.485. The van der Waals surface area contributed by atoms with Crippen molar-refractivity contribution in [2.24, 2.45) is 11.7 Å². The molecule has 3 atom stereocenters. The van der Waals surface area contributed by atoms with Crippen molar-refractivity contribution >= 4 is 30.1 Å². The Kier molecular flexibility index (Phi) is 9.63. The minimum Gasteiger partial charge on any atom is -0.354 e. The van der Waals surface area contributed by atoms with E-state index in [1.807, 2.05) is 24.3 Å². The molecule has 130 valence electrons. The molecule has 0 aliphatic carbocycles. The van der Waals surface area contributed by atoms with E-state index < -0.39 is 0 Å². The van der Waals surface area contributed by atoms with Crippen LogP contribution in [0.3, 0.4) is 0 Å². The van der Waals surface area contributed by atoms with Crippen LogP contribution in [0.4, 0.5) is 0 Å². The molecule has 0 aliphatic rings. The number of thiol groups is 1. The third-order valence-corrected chi connectivity index (χ3v) is 4.64. The van der Waals surface area contributed by atoms with Gasteiger partial charge < -0.3 is 16.4 Å². The van der Waals surface area contributed by atoms with Gasteiger partial charge in [0, 0.05) is 29.9 Å². The first-order chi connectivity index (χ1) is 11.0. The fourth-order valence-electron chi connectivity index (χ4n) is 2.26. The van der Waals surface area contributed by atoms with Crippen LogP contribution in [0.1, 0.15) is 25.8 Å². The van der Waals surface area contributed by atoms with Gasteiger partial charge in [0.05, 0.1) is 6.04 Å². The van der Waals surface area contributed by atoms with Crippen molar-refractivity contribution < 1.29 is 4.79 Å². The zero-order valence-electron chi connectivity index (χ0n) is 13.9. The molecular formula is C17H28ClN3OS. The molecule has 0 spiro atoms. The number of carbonyl (C=O) groups excluding carboxylic acids is 1. The minimum atomic E-state index is -0.231. The molecule has 1 unspecified atom stereocenters. The first-order valence-electron chi connectivity index (χ1n) is 8.09. The number of rotatable bonds is 10. The lowest BCUT2D eigenvalue weighted by molar-refractivity contribution is -0.124. The Morgan fingerprint density at radius 3 is 2.78 bits per heavy atom. The maximum atomic E-state index is 12.4. The molecular weight excluding hydrogens is 330 g/mol. The van der Waals surface area contributed by atoms with Crippen molar-refractivity contribution in [1.82, 2.24) is 10.6 Å². The predicted molar refractivity (Wildman–Crippen MR) is 101 cm³/mol. The Morgan fingerprint density at radius 1 is 1.43 bits per heavy atom. The number of nitrogens with two attached hydrogens (primary N) is 1. The molecule has 0 saturated carbocycles. The van der Waals surface area contributed by atoms with Gasteiger partial charge in [-0.1, -0.05) is 44.0 Å². The Hall–Kier alpha value is -0.750. The smallest absolute Gasteiger partial charge is 0.237 e. The molecule has 1 amide bonds. The summed E-state index contributed by atoms with van der Waals surface area (Å²) in [6.07, 6.45) is 1.69. The van der Waals surface area contributed by atoms with E-state index in [1.165, 1.54) is 0 Å². The molecule has 0 radical (unpaired) electrons. The van der Waals surface area contributed by atoms with Crippen LogP contribution in [0.5, 0.6) is 0 Å². The molecule has 1 rings (SSSR count). The summed E-state index contributed by atoms with van der Waals surface area (Å²) in [6.45, 7) is 5.32. The van der Waals surface area contributed by atoms with E-state index in [1.54, 1.807) is 0 Å². The lowest BCUT2D eigenvalue weighted by atomic mass is 9.98. The first-order valence-corrected chi connectivity index (χ1v) is 9.11. The fourth-order valence-corrected chi connectivity index (χ4v) is 2.61. The van der Waals surface area contributed by atoms with E-state index >= 15 is 0 Å². The highest BCUT2D eigenvalue weighted by molar-refractivity contribution is 7.80. The number of hydrogen-bond donors (Lipinski definition) is 4. The Bertz CT molecular complexity index is 487. The monoisotopic (exact) mass is 357 g/mol. The highest BCUT2D eigenvalue weighted by Crippen LogP contribution is 2.11. The summed E-state index contributed by atoms with van der Waals surface area (Å²) in [5, 5.41) is 6.99.